The van der Waals surface area contributed by atoms with Crippen molar-refractivity contribution in [3.8, 4) is 0 Å². The average molecular weight is 462 g/mol. The molecule has 0 spiro atoms. The Kier molecular flexibility index (Phi) is 7.66. The van der Waals surface area contributed by atoms with E-state index in [9.17, 15) is 14.7 Å². The van der Waals surface area contributed by atoms with Crippen molar-refractivity contribution in [2.24, 2.45) is 5.92 Å². The predicted molar refractivity (Wildman–Crippen MR) is 134 cm³/mol. The van der Waals surface area contributed by atoms with E-state index in [2.05, 4.69) is 23.7 Å². The largest absolute Gasteiger partial charge is 0.481 e. The fraction of sp³-hybridized carbons (Fsp3) is 0.464. The third-order valence-corrected chi connectivity index (χ3v) is 7.16. The molecular weight excluding hydrogens is 426 g/mol. The Bertz CT molecular complexity index is 1130. The highest BCUT2D eigenvalue weighted by Gasteiger charge is 2.24. The van der Waals surface area contributed by atoms with Crippen molar-refractivity contribution < 1.29 is 14.7 Å². The number of amides is 1. The third kappa shape index (κ3) is 5.32. The number of hydrogen-bond acceptors (Lipinski definition) is 3. The van der Waals surface area contributed by atoms with E-state index < -0.39 is 12.0 Å². The molecule has 0 radical (unpaired) electrons. The molecule has 2 N–H and O–H groups in total. The smallest absolute Gasteiger partial charge is 0.305 e. The van der Waals surface area contributed by atoms with Crippen molar-refractivity contribution in [1.82, 2.24) is 14.9 Å². The van der Waals surface area contributed by atoms with Crippen molar-refractivity contribution in [2.45, 2.75) is 77.3 Å². The number of aliphatic carboxylic acids is 1. The van der Waals surface area contributed by atoms with E-state index in [-0.39, 0.29) is 12.3 Å². The number of fused-ring (bicyclic) bond motifs is 1. The number of carboxylic acid groups (broad SMARTS) is 1. The van der Waals surface area contributed by atoms with Gasteiger partial charge in [0.1, 0.15) is 5.82 Å². The molecule has 34 heavy (non-hydrogen) atoms. The van der Waals surface area contributed by atoms with Gasteiger partial charge in [0, 0.05) is 18.0 Å². The molecule has 1 amide bonds. The normalized spacial score (nSPS) is 15.1. The first-order valence-electron chi connectivity index (χ1n) is 12.6. The van der Waals surface area contributed by atoms with Gasteiger partial charge in [-0.25, -0.2) is 4.98 Å². The van der Waals surface area contributed by atoms with Gasteiger partial charge in [0.2, 0.25) is 0 Å². The van der Waals surface area contributed by atoms with Gasteiger partial charge >= 0.3 is 5.97 Å². The van der Waals surface area contributed by atoms with Crippen LogP contribution in [0.1, 0.15) is 92.6 Å². The number of nitrogens with zero attached hydrogens (tertiary/aromatic N) is 2. The highest BCUT2D eigenvalue weighted by Crippen LogP contribution is 2.32. The number of carboxylic acids is 1. The molecule has 0 aliphatic heterocycles. The van der Waals surface area contributed by atoms with Crippen LogP contribution in [-0.4, -0.2) is 26.5 Å². The van der Waals surface area contributed by atoms with Gasteiger partial charge in [-0.05, 0) is 42.5 Å². The Morgan fingerprint density at radius 2 is 1.79 bits per heavy atom. The van der Waals surface area contributed by atoms with E-state index >= 15 is 0 Å². The van der Waals surface area contributed by atoms with Crippen LogP contribution in [0.4, 0.5) is 0 Å². The molecule has 1 fully saturated rings. The van der Waals surface area contributed by atoms with Crippen molar-refractivity contribution in [2.75, 3.05) is 0 Å². The summed E-state index contributed by atoms with van der Waals surface area (Å²) in [7, 11) is 0. The molecule has 6 heteroatoms. The average Bonchev–Trinajstić information content (AvgIpc) is 3.47. The summed E-state index contributed by atoms with van der Waals surface area (Å²) in [5.74, 6) is 0.577. The van der Waals surface area contributed by atoms with Gasteiger partial charge in [-0.2, -0.15) is 0 Å². The SMILES string of the molecule is CCC(CC)n1c(CC2CCCC2)nc2cc(C(=O)NC(CC(=O)O)c3ccccc3)ccc21. The van der Waals surface area contributed by atoms with Crippen molar-refractivity contribution in [3.63, 3.8) is 0 Å². The van der Waals surface area contributed by atoms with Gasteiger partial charge in [0.05, 0.1) is 23.5 Å². The molecule has 1 aliphatic rings. The van der Waals surface area contributed by atoms with Crippen molar-refractivity contribution in [1.29, 1.82) is 0 Å². The van der Waals surface area contributed by atoms with Crippen LogP contribution in [0.25, 0.3) is 11.0 Å². The number of rotatable bonds is 10. The summed E-state index contributed by atoms with van der Waals surface area (Å²) in [5.41, 5.74) is 3.18. The maximum Gasteiger partial charge on any atom is 0.305 e. The van der Waals surface area contributed by atoms with Crippen LogP contribution in [-0.2, 0) is 11.2 Å². The minimum absolute atomic E-state index is 0.174. The van der Waals surface area contributed by atoms with Gasteiger partial charge in [0.25, 0.3) is 5.91 Å². The molecule has 1 atom stereocenters. The summed E-state index contributed by atoms with van der Waals surface area (Å²) in [5, 5.41) is 12.3. The molecule has 180 valence electrons. The highest BCUT2D eigenvalue weighted by molar-refractivity contribution is 5.98. The molecule has 2 aromatic carbocycles. The lowest BCUT2D eigenvalue weighted by atomic mass is 10.0. The summed E-state index contributed by atoms with van der Waals surface area (Å²) in [6.07, 6.45) is 8.03. The molecular formula is C28H35N3O3. The van der Waals surface area contributed by atoms with Crippen LogP contribution in [0.2, 0.25) is 0 Å². The molecule has 1 saturated carbocycles. The molecule has 0 saturated heterocycles. The lowest BCUT2D eigenvalue weighted by Crippen LogP contribution is -2.30. The zero-order valence-electron chi connectivity index (χ0n) is 20.2. The first-order chi connectivity index (χ1) is 16.5. The maximum atomic E-state index is 13.1. The topological polar surface area (TPSA) is 84.2 Å². The van der Waals surface area contributed by atoms with Gasteiger partial charge in [-0.1, -0.05) is 69.9 Å². The quantitative estimate of drug-likeness (QED) is 0.383. The molecule has 3 aromatic rings. The van der Waals surface area contributed by atoms with Gasteiger partial charge < -0.3 is 15.0 Å². The van der Waals surface area contributed by atoms with Crippen LogP contribution in [0, 0.1) is 5.92 Å². The second-order valence-electron chi connectivity index (χ2n) is 9.46. The summed E-state index contributed by atoms with van der Waals surface area (Å²) in [6, 6.07) is 14.7. The summed E-state index contributed by atoms with van der Waals surface area (Å²) in [4.78, 5) is 29.6. The summed E-state index contributed by atoms with van der Waals surface area (Å²) < 4.78 is 2.40. The van der Waals surface area contributed by atoms with E-state index in [1.165, 1.54) is 25.7 Å². The first kappa shape index (κ1) is 24.0. The second kappa shape index (κ2) is 10.9. The number of nitrogens with one attached hydrogen (secondary N) is 1. The Balaban J connectivity index is 1.64. The Morgan fingerprint density at radius 3 is 2.44 bits per heavy atom. The minimum atomic E-state index is -0.954. The van der Waals surface area contributed by atoms with Gasteiger partial charge in [-0.3, -0.25) is 9.59 Å². The monoisotopic (exact) mass is 461 g/mol. The summed E-state index contributed by atoms with van der Waals surface area (Å²) in [6.45, 7) is 4.43. The molecule has 1 heterocycles. The molecule has 1 aliphatic carbocycles. The van der Waals surface area contributed by atoms with E-state index in [0.717, 1.165) is 41.7 Å². The number of carbonyl (C=O) groups is 2. The van der Waals surface area contributed by atoms with Crippen LogP contribution < -0.4 is 5.32 Å². The Labute approximate surface area is 201 Å². The first-order valence-corrected chi connectivity index (χ1v) is 12.6. The Hall–Kier alpha value is -3.15. The van der Waals surface area contributed by atoms with E-state index in [4.69, 9.17) is 4.98 Å². The van der Waals surface area contributed by atoms with Crippen LogP contribution in [0.3, 0.4) is 0 Å². The zero-order chi connectivity index (χ0) is 24.1. The van der Waals surface area contributed by atoms with Crippen LogP contribution in [0.15, 0.2) is 48.5 Å². The molecule has 1 unspecified atom stereocenters. The molecule has 6 nitrogen and oxygen atoms in total. The molecule has 1 aromatic heterocycles. The molecule has 0 bridgehead atoms. The van der Waals surface area contributed by atoms with E-state index in [0.29, 0.717) is 17.5 Å². The fourth-order valence-electron chi connectivity index (χ4n) is 5.32. The fourth-order valence-corrected chi connectivity index (χ4v) is 5.32. The van der Waals surface area contributed by atoms with Gasteiger partial charge in [-0.15, -0.1) is 0 Å². The Morgan fingerprint density at radius 1 is 1.09 bits per heavy atom. The lowest BCUT2D eigenvalue weighted by Gasteiger charge is -2.20. The van der Waals surface area contributed by atoms with Crippen LogP contribution in [0.5, 0.6) is 0 Å². The van der Waals surface area contributed by atoms with E-state index in [1.54, 1.807) is 0 Å². The number of aromatic nitrogens is 2. The number of imidazole rings is 1. The standard InChI is InChI=1S/C28H35N3O3/c1-3-22(4-2)31-25-15-14-21(17-24(25)29-26(31)16-19-10-8-9-11-19)28(34)30-23(18-27(32)33)20-12-6-5-7-13-20/h5-7,12-15,17,19,22-23H,3-4,8-11,16,18H2,1-2H3,(H,30,34)(H,32,33). The van der Waals surface area contributed by atoms with Crippen molar-refractivity contribution in [3.05, 3.63) is 65.5 Å². The van der Waals surface area contributed by atoms with Crippen LogP contribution >= 0.6 is 0 Å². The minimum Gasteiger partial charge on any atom is -0.481 e. The number of hydrogen-bond donors (Lipinski definition) is 2. The summed E-state index contributed by atoms with van der Waals surface area (Å²) >= 11 is 0. The van der Waals surface area contributed by atoms with Crippen molar-refractivity contribution >= 4 is 22.9 Å². The zero-order valence-corrected chi connectivity index (χ0v) is 20.2. The number of benzene rings is 2. The van der Waals surface area contributed by atoms with Gasteiger partial charge in [0.15, 0.2) is 0 Å². The number of carbonyl (C=O) groups excluding carboxylic acids is 1. The third-order valence-electron chi connectivity index (χ3n) is 7.16. The second-order valence-corrected chi connectivity index (χ2v) is 9.46. The highest BCUT2D eigenvalue weighted by atomic mass is 16.4. The molecule has 4 rings (SSSR count). The lowest BCUT2D eigenvalue weighted by molar-refractivity contribution is -0.137. The van der Waals surface area contributed by atoms with E-state index in [1.807, 2.05) is 48.5 Å². The predicted octanol–water partition coefficient (Wildman–Crippen LogP) is 6.08. The maximum absolute atomic E-state index is 13.1.